The van der Waals surface area contributed by atoms with Crippen molar-refractivity contribution in [2.75, 3.05) is 48.4 Å². The van der Waals surface area contributed by atoms with Crippen LogP contribution in [0.2, 0.25) is 0 Å². The predicted octanol–water partition coefficient (Wildman–Crippen LogP) is 5.33. The first-order chi connectivity index (χ1) is 22.9. The van der Waals surface area contributed by atoms with Crippen molar-refractivity contribution in [3.05, 3.63) is 53.1 Å². The SMILES string of the molecule is COc1ccc2c(c1)[C@@H]1C[C@]1(C(=O)N1CCCC[C@@H]1CN(C)C)Cn1c-2c(C2CCCCC2)c2ccc(C(=O)NS(=O)(=O)N(C)C)cc21. The van der Waals surface area contributed by atoms with Crippen LogP contribution in [0.4, 0.5) is 0 Å². The molecule has 0 bridgehead atoms. The van der Waals surface area contributed by atoms with Gasteiger partial charge in [-0.15, -0.1) is 0 Å². The smallest absolute Gasteiger partial charge is 0.303 e. The van der Waals surface area contributed by atoms with Crippen molar-refractivity contribution in [3.63, 3.8) is 0 Å². The number of rotatable bonds is 8. The third kappa shape index (κ3) is 5.61. The summed E-state index contributed by atoms with van der Waals surface area (Å²) < 4.78 is 36.5. The van der Waals surface area contributed by atoms with E-state index in [0.29, 0.717) is 12.5 Å². The molecule has 2 saturated carbocycles. The highest BCUT2D eigenvalue weighted by atomic mass is 32.2. The number of nitrogens with zero attached hydrogens (tertiary/aromatic N) is 4. The monoisotopic (exact) mass is 675 g/mol. The van der Waals surface area contributed by atoms with E-state index in [1.54, 1.807) is 13.2 Å². The molecule has 2 amide bonds. The van der Waals surface area contributed by atoms with Crippen molar-refractivity contribution in [2.24, 2.45) is 5.41 Å². The molecule has 48 heavy (non-hydrogen) atoms. The van der Waals surface area contributed by atoms with Gasteiger partial charge in [0, 0.05) is 67.7 Å². The molecule has 11 heteroatoms. The molecular weight excluding hydrogens is 627 g/mol. The Bertz CT molecular complexity index is 1860. The van der Waals surface area contributed by atoms with Crippen molar-refractivity contribution in [3.8, 4) is 17.0 Å². The lowest BCUT2D eigenvalue weighted by Gasteiger charge is -2.39. The molecule has 7 rings (SSSR count). The van der Waals surface area contributed by atoms with Crippen LogP contribution >= 0.6 is 0 Å². The summed E-state index contributed by atoms with van der Waals surface area (Å²) in [6.07, 6.45) is 9.66. The lowest BCUT2D eigenvalue weighted by Crippen LogP contribution is -2.51. The summed E-state index contributed by atoms with van der Waals surface area (Å²) >= 11 is 0. The van der Waals surface area contributed by atoms with Gasteiger partial charge in [-0.2, -0.15) is 12.7 Å². The van der Waals surface area contributed by atoms with Crippen molar-refractivity contribution in [1.29, 1.82) is 0 Å². The minimum absolute atomic E-state index is 0.0582. The van der Waals surface area contributed by atoms with E-state index in [2.05, 4.69) is 45.3 Å². The molecule has 0 radical (unpaired) electrons. The minimum atomic E-state index is -3.97. The Labute approximate surface area is 284 Å². The van der Waals surface area contributed by atoms with Gasteiger partial charge >= 0.3 is 10.2 Å². The first-order valence-corrected chi connectivity index (χ1v) is 18.9. The zero-order valence-corrected chi connectivity index (χ0v) is 29.7. The number of aromatic nitrogens is 1. The third-order valence-electron chi connectivity index (χ3n) is 11.4. The summed E-state index contributed by atoms with van der Waals surface area (Å²) in [5.41, 5.74) is 5.26. The number of likely N-dealkylation sites (N-methyl/N-ethyl adjacent to an activating group) is 1. The van der Waals surface area contributed by atoms with Crippen LogP contribution in [0.25, 0.3) is 22.2 Å². The summed E-state index contributed by atoms with van der Waals surface area (Å²) in [7, 11) is 4.66. The lowest BCUT2D eigenvalue weighted by atomic mass is 9.81. The quantitative estimate of drug-likeness (QED) is 0.346. The van der Waals surface area contributed by atoms with Crippen LogP contribution in [-0.2, 0) is 21.5 Å². The van der Waals surface area contributed by atoms with Crippen molar-refractivity contribution in [1.82, 2.24) is 23.4 Å². The second-order valence-corrected chi connectivity index (χ2v) is 16.8. The molecule has 3 heterocycles. The predicted molar refractivity (Wildman–Crippen MR) is 188 cm³/mol. The van der Waals surface area contributed by atoms with Crippen LogP contribution in [0, 0.1) is 5.41 Å². The molecule has 2 aromatic carbocycles. The van der Waals surface area contributed by atoms with Crippen molar-refractivity contribution < 1.29 is 22.7 Å². The fraction of sp³-hybridized carbons (Fsp3) is 0.568. The number of fused-ring (bicyclic) bond motifs is 7. The zero-order valence-electron chi connectivity index (χ0n) is 28.9. The van der Waals surface area contributed by atoms with Gasteiger partial charge in [-0.1, -0.05) is 25.3 Å². The van der Waals surface area contributed by atoms with Crippen LogP contribution in [0.15, 0.2) is 36.4 Å². The second kappa shape index (κ2) is 12.5. The van der Waals surface area contributed by atoms with E-state index < -0.39 is 21.5 Å². The second-order valence-electron chi connectivity index (χ2n) is 14.9. The molecule has 10 nitrogen and oxygen atoms in total. The van der Waals surface area contributed by atoms with E-state index in [0.717, 1.165) is 89.4 Å². The Morgan fingerprint density at radius 1 is 0.979 bits per heavy atom. The molecule has 2 aliphatic carbocycles. The van der Waals surface area contributed by atoms with Gasteiger partial charge in [-0.3, -0.25) is 9.59 Å². The van der Waals surface area contributed by atoms with Crippen LogP contribution in [-0.4, -0.2) is 93.3 Å². The molecule has 3 atom stereocenters. The number of likely N-dealkylation sites (tertiary alicyclic amines) is 1. The number of piperidine rings is 1. The molecular formula is C37H49N5O5S. The maximum absolute atomic E-state index is 15.0. The molecule has 1 saturated heterocycles. The topological polar surface area (TPSA) is 104 Å². The van der Waals surface area contributed by atoms with E-state index in [-0.39, 0.29) is 23.4 Å². The first-order valence-electron chi connectivity index (χ1n) is 17.5. The summed E-state index contributed by atoms with van der Waals surface area (Å²) in [4.78, 5) is 32.8. The van der Waals surface area contributed by atoms with Gasteiger partial charge in [0.15, 0.2) is 0 Å². The standard InChI is InChI=1S/C37H49N5O5S/c1-39(2)22-26-13-9-10-18-41(26)36(44)37-21-31(37)30-20-27(47-5)15-17-28(30)34-33(24-11-7-6-8-12-24)29-16-14-25(19-32(29)42(34)23-37)35(43)38-48(45,46)40(3)4/h14-17,19-20,24,26,31H,6-13,18,21-23H2,1-5H3,(H,38,43)/t26-,31+,37+/m1/s1. The van der Waals surface area contributed by atoms with Crippen LogP contribution in [0.1, 0.15) is 91.1 Å². The summed E-state index contributed by atoms with van der Waals surface area (Å²) in [5, 5.41) is 1.08. The first kappa shape index (κ1) is 33.1. The van der Waals surface area contributed by atoms with Gasteiger partial charge in [0.2, 0.25) is 5.91 Å². The molecule has 1 aromatic heterocycles. The molecule has 3 fully saturated rings. The van der Waals surface area contributed by atoms with Crippen LogP contribution < -0.4 is 9.46 Å². The van der Waals surface area contributed by atoms with Crippen molar-refractivity contribution >= 4 is 32.9 Å². The average molecular weight is 676 g/mol. The number of benzene rings is 2. The lowest BCUT2D eigenvalue weighted by molar-refractivity contribution is -0.142. The highest BCUT2D eigenvalue weighted by Crippen LogP contribution is 2.66. The van der Waals surface area contributed by atoms with E-state index in [1.165, 1.54) is 38.9 Å². The molecule has 0 unspecified atom stereocenters. The molecule has 0 spiro atoms. The van der Waals surface area contributed by atoms with Gasteiger partial charge in [0.1, 0.15) is 5.75 Å². The summed E-state index contributed by atoms with van der Waals surface area (Å²) in [5.74, 6) is 0.758. The maximum atomic E-state index is 15.0. The van der Waals surface area contributed by atoms with Gasteiger partial charge in [0.05, 0.1) is 18.2 Å². The number of methoxy groups -OCH3 is 1. The normalized spacial score (nSPS) is 24.2. The number of nitrogens with one attached hydrogen (secondary N) is 1. The minimum Gasteiger partial charge on any atom is -0.497 e. The highest BCUT2D eigenvalue weighted by Gasteiger charge is 2.64. The number of carbonyl (C=O) groups excluding carboxylic acids is 2. The van der Waals surface area contributed by atoms with Crippen LogP contribution in [0.3, 0.4) is 0 Å². The molecule has 258 valence electrons. The highest BCUT2D eigenvalue weighted by molar-refractivity contribution is 7.87. The van der Waals surface area contributed by atoms with Gasteiger partial charge in [-0.25, -0.2) is 4.72 Å². The van der Waals surface area contributed by atoms with Gasteiger partial charge in [-0.05, 0) is 100.0 Å². The van der Waals surface area contributed by atoms with Gasteiger partial charge in [0.25, 0.3) is 5.91 Å². The Balaban J connectivity index is 1.42. The third-order valence-corrected chi connectivity index (χ3v) is 12.8. The Kier molecular flexibility index (Phi) is 8.61. The van der Waals surface area contributed by atoms with E-state index in [1.807, 2.05) is 18.2 Å². The largest absolute Gasteiger partial charge is 0.497 e. The summed E-state index contributed by atoms with van der Waals surface area (Å²) in [6, 6.07) is 12.1. The van der Waals surface area contributed by atoms with Gasteiger partial charge < -0.3 is 19.1 Å². The molecule has 2 aliphatic heterocycles. The van der Waals surface area contributed by atoms with Crippen LogP contribution in [0.5, 0.6) is 5.75 Å². The molecule has 4 aliphatic rings. The van der Waals surface area contributed by atoms with E-state index in [4.69, 9.17) is 4.74 Å². The van der Waals surface area contributed by atoms with E-state index >= 15 is 4.79 Å². The number of hydrogen-bond donors (Lipinski definition) is 1. The molecule has 1 N–H and O–H groups in total. The number of amides is 2. The maximum Gasteiger partial charge on any atom is 0.303 e. The average Bonchev–Trinajstić information content (AvgIpc) is 3.74. The fourth-order valence-corrected chi connectivity index (χ4v) is 9.39. The van der Waals surface area contributed by atoms with E-state index in [9.17, 15) is 13.2 Å². The van der Waals surface area contributed by atoms with Crippen molar-refractivity contribution in [2.45, 2.75) is 82.2 Å². The number of hydrogen-bond acceptors (Lipinski definition) is 6. The fourth-order valence-electron chi connectivity index (χ4n) is 8.85. The molecule has 3 aromatic rings. The Morgan fingerprint density at radius 3 is 2.44 bits per heavy atom. The number of carbonyl (C=O) groups is 2. The zero-order chi connectivity index (χ0) is 34.0. The number of ether oxygens (including phenoxy) is 1. The Morgan fingerprint density at radius 2 is 1.73 bits per heavy atom. The Hall–Kier alpha value is -3.41. The summed E-state index contributed by atoms with van der Waals surface area (Å²) in [6.45, 7) is 2.13.